The molecule has 0 saturated carbocycles. The van der Waals surface area contributed by atoms with Crippen LogP contribution in [0.25, 0.3) is 10.8 Å². The van der Waals surface area contributed by atoms with E-state index < -0.39 is 23.9 Å². The van der Waals surface area contributed by atoms with Gasteiger partial charge in [0, 0.05) is 0 Å². The number of rotatable bonds is 36. The molecular weight excluding hydrogens is 965 g/mol. The van der Waals surface area contributed by atoms with Crippen LogP contribution in [-0.2, 0) is 0 Å². The molecule has 0 spiro atoms. The lowest BCUT2D eigenvalue weighted by molar-refractivity contribution is 0.0719. The highest BCUT2D eigenvalue weighted by Gasteiger charge is 2.17. The number of fused-ring (bicyclic) bond motifs is 1. The van der Waals surface area contributed by atoms with Gasteiger partial charge in [-0.15, -0.1) is 0 Å². The summed E-state index contributed by atoms with van der Waals surface area (Å²) in [5.74, 6) is 0.410. The van der Waals surface area contributed by atoms with Crippen LogP contribution >= 0.6 is 0 Å². The Morgan fingerprint density at radius 2 is 0.597 bits per heavy atom. The second kappa shape index (κ2) is 34.0. The lowest BCUT2D eigenvalue weighted by Crippen LogP contribution is -2.11. The monoisotopic (exact) mass is 1050 g/mol. The van der Waals surface area contributed by atoms with E-state index in [1.165, 1.54) is 153 Å². The van der Waals surface area contributed by atoms with Crippen molar-refractivity contribution in [1.29, 1.82) is 0 Å². The van der Waals surface area contributed by atoms with Crippen LogP contribution in [0.15, 0.2) is 127 Å². The number of carbonyl (C=O) groups excluding carboxylic acids is 4. The highest BCUT2D eigenvalue weighted by molar-refractivity contribution is 5.99. The summed E-state index contributed by atoms with van der Waals surface area (Å²) in [6.45, 7) is 7.62. The van der Waals surface area contributed by atoms with Gasteiger partial charge in [0.05, 0.1) is 35.5 Å². The second-order valence-electron chi connectivity index (χ2n) is 20.2. The number of benzene rings is 6. The van der Waals surface area contributed by atoms with E-state index in [1.54, 1.807) is 97.1 Å². The zero-order valence-electron chi connectivity index (χ0n) is 46.1. The van der Waals surface area contributed by atoms with Gasteiger partial charge in [0.25, 0.3) is 0 Å². The molecule has 0 N–H and O–H groups in total. The predicted molar refractivity (Wildman–Crippen MR) is 307 cm³/mol. The van der Waals surface area contributed by atoms with Gasteiger partial charge in [-0.1, -0.05) is 167 Å². The number of aryl methyl sites for hydroxylation is 1. The molecule has 0 atom stereocenters. The van der Waals surface area contributed by atoms with Crippen molar-refractivity contribution in [3.63, 3.8) is 0 Å². The van der Waals surface area contributed by atoms with Crippen molar-refractivity contribution >= 4 is 34.6 Å². The van der Waals surface area contributed by atoms with Crippen LogP contribution in [0.1, 0.15) is 215 Å². The first kappa shape index (κ1) is 59.3. The summed E-state index contributed by atoms with van der Waals surface area (Å²) in [6, 6.07) is 34.9. The van der Waals surface area contributed by atoms with Crippen molar-refractivity contribution in [2.45, 2.75) is 175 Å². The zero-order valence-corrected chi connectivity index (χ0v) is 46.1. The molecule has 6 aromatic carbocycles. The van der Waals surface area contributed by atoms with E-state index in [4.69, 9.17) is 28.4 Å². The molecule has 0 bridgehead atoms. The fourth-order valence-corrected chi connectivity index (χ4v) is 9.22. The van der Waals surface area contributed by atoms with Crippen molar-refractivity contribution in [3.05, 3.63) is 155 Å². The van der Waals surface area contributed by atoms with Crippen LogP contribution in [0, 0.1) is 6.92 Å². The van der Waals surface area contributed by atoms with Gasteiger partial charge in [-0.25, -0.2) is 19.2 Å². The topological polar surface area (TPSA) is 124 Å². The smallest absolute Gasteiger partial charge is 0.343 e. The van der Waals surface area contributed by atoms with E-state index >= 15 is 0 Å². The maximum absolute atomic E-state index is 13.3. The van der Waals surface area contributed by atoms with Crippen molar-refractivity contribution in [1.82, 2.24) is 0 Å². The number of esters is 4. The first-order chi connectivity index (χ1) is 37.7. The van der Waals surface area contributed by atoms with Gasteiger partial charge in [0.2, 0.25) is 0 Å². The Balaban J connectivity index is 0.881. The largest absolute Gasteiger partial charge is 0.494 e. The van der Waals surface area contributed by atoms with Gasteiger partial charge in [-0.3, -0.25) is 0 Å². The maximum atomic E-state index is 13.3. The van der Waals surface area contributed by atoms with Gasteiger partial charge in [-0.05, 0) is 151 Å². The summed E-state index contributed by atoms with van der Waals surface area (Å²) in [7, 11) is 0. The Hall–Kier alpha value is -6.94. The van der Waals surface area contributed by atoms with Gasteiger partial charge in [0.1, 0.15) is 34.5 Å². The Morgan fingerprint density at radius 1 is 0.312 bits per heavy atom. The van der Waals surface area contributed by atoms with Gasteiger partial charge >= 0.3 is 23.9 Å². The highest BCUT2D eigenvalue weighted by Crippen LogP contribution is 2.30. The summed E-state index contributed by atoms with van der Waals surface area (Å²) in [5, 5.41) is 1.53. The summed E-state index contributed by atoms with van der Waals surface area (Å²) < 4.78 is 34.5. The van der Waals surface area contributed by atoms with Crippen molar-refractivity contribution < 1.29 is 47.6 Å². The van der Waals surface area contributed by atoms with Crippen molar-refractivity contribution in [2.24, 2.45) is 0 Å². The molecule has 10 nitrogen and oxygen atoms in total. The first-order valence-electron chi connectivity index (χ1n) is 28.8. The van der Waals surface area contributed by atoms with Crippen LogP contribution in [0.2, 0.25) is 0 Å². The molecule has 0 aliphatic heterocycles. The van der Waals surface area contributed by atoms with Crippen LogP contribution in [0.3, 0.4) is 0 Å². The van der Waals surface area contributed by atoms with E-state index in [9.17, 15) is 19.2 Å². The van der Waals surface area contributed by atoms with Crippen LogP contribution in [0.5, 0.6) is 34.5 Å². The SMILES string of the molecule is CCCCCCCCCCCCCCOc1ccc(OC(=O)c2ccc(OC(=O)c3ccc4ccc(OC(=O)c5ccc(OC(=O)c6ccc(OCCCCCCCCCCCCCC)cc6)cc5)c(C)c4c3)cc2)cc1. The number of hydrogen-bond donors (Lipinski definition) is 0. The molecule has 6 aromatic rings. The van der Waals surface area contributed by atoms with Crippen molar-refractivity contribution in [2.75, 3.05) is 13.2 Å². The number of ether oxygens (including phenoxy) is 6. The van der Waals surface area contributed by atoms with Crippen molar-refractivity contribution in [3.8, 4) is 34.5 Å². The Morgan fingerprint density at radius 3 is 0.987 bits per heavy atom. The van der Waals surface area contributed by atoms with Crippen LogP contribution in [-0.4, -0.2) is 37.1 Å². The lowest BCUT2D eigenvalue weighted by Gasteiger charge is -2.12. The molecular formula is C67H82O10. The number of unbranched alkanes of at least 4 members (excludes halogenated alkanes) is 22. The normalized spacial score (nSPS) is 11.1. The summed E-state index contributed by atoms with van der Waals surface area (Å²) in [6.07, 6.45) is 31.0. The van der Waals surface area contributed by atoms with E-state index in [0.29, 0.717) is 52.5 Å². The van der Waals surface area contributed by atoms with E-state index in [2.05, 4.69) is 13.8 Å². The molecule has 0 fully saturated rings. The molecule has 0 aliphatic rings. The maximum Gasteiger partial charge on any atom is 0.343 e. The second-order valence-corrected chi connectivity index (χ2v) is 20.2. The fourth-order valence-electron chi connectivity index (χ4n) is 9.22. The average Bonchev–Trinajstić information content (AvgIpc) is 3.45. The molecule has 0 heterocycles. The first-order valence-corrected chi connectivity index (χ1v) is 28.8. The third kappa shape index (κ3) is 21.2. The Bertz CT molecular complexity index is 2690. The summed E-state index contributed by atoms with van der Waals surface area (Å²) in [5.41, 5.74) is 1.87. The Labute approximate surface area is 458 Å². The lowest BCUT2D eigenvalue weighted by atomic mass is 10.0. The molecule has 410 valence electrons. The van der Waals surface area contributed by atoms with E-state index in [0.717, 1.165) is 36.8 Å². The van der Waals surface area contributed by atoms with Crippen LogP contribution in [0.4, 0.5) is 0 Å². The minimum Gasteiger partial charge on any atom is -0.494 e. The predicted octanol–water partition coefficient (Wildman–Crippen LogP) is 18.2. The standard InChI is InChI=1S/C67H82O10/c1-4-6-8-10-12-14-16-18-20-22-24-26-48-72-57-37-30-53(31-38-57)64(68)74-59-41-34-55(35-42-59)66(70)77-63-47-36-52-28-29-56(50-62(52)51(63)3)67(71)76-60-39-32-54(33-40-60)65(69)75-61-45-43-58(44-46-61)73-49-27-25-23-21-19-17-15-13-11-9-7-5-2/h28-47,50H,4-27,48-49H2,1-3H3. The summed E-state index contributed by atoms with van der Waals surface area (Å²) in [4.78, 5) is 52.5. The molecule has 0 amide bonds. The quantitative estimate of drug-likeness (QED) is 0.0213. The fraction of sp³-hybridized carbons (Fsp3) is 0.433. The summed E-state index contributed by atoms with van der Waals surface area (Å²) >= 11 is 0. The average molecular weight is 1050 g/mol. The molecule has 77 heavy (non-hydrogen) atoms. The van der Waals surface area contributed by atoms with E-state index in [1.807, 2.05) is 13.0 Å². The molecule has 0 aromatic heterocycles. The Kier molecular flexibility index (Phi) is 26.2. The van der Waals surface area contributed by atoms with Gasteiger partial charge in [0.15, 0.2) is 0 Å². The molecule has 0 radical (unpaired) electrons. The zero-order chi connectivity index (χ0) is 54.3. The number of carbonyl (C=O) groups is 4. The molecule has 0 unspecified atom stereocenters. The third-order valence-electron chi connectivity index (χ3n) is 13.9. The minimum atomic E-state index is -0.602. The molecule has 10 heteroatoms. The van der Waals surface area contributed by atoms with E-state index in [-0.39, 0.29) is 22.6 Å². The highest BCUT2D eigenvalue weighted by atomic mass is 16.5. The molecule has 0 aliphatic carbocycles. The third-order valence-corrected chi connectivity index (χ3v) is 13.9. The molecule has 6 rings (SSSR count). The van der Waals surface area contributed by atoms with Gasteiger partial charge < -0.3 is 28.4 Å². The number of hydrogen-bond acceptors (Lipinski definition) is 10. The molecule has 0 saturated heterocycles. The minimum absolute atomic E-state index is 0.251. The van der Waals surface area contributed by atoms with Gasteiger partial charge in [-0.2, -0.15) is 0 Å². The van der Waals surface area contributed by atoms with Crippen LogP contribution < -0.4 is 28.4 Å².